The van der Waals surface area contributed by atoms with Crippen LogP contribution in [0.5, 0.6) is 0 Å². The second-order valence-corrected chi connectivity index (χ2v) is 6.83. The summed E-state index contributed by atoms with van der Waals surface area (Å²) in [7, 11) is 2.03. The fraction of sp³-hybridized carbons (Fsp3) is 0.941. The highest BCUT2D eigenvalue weighted by molar-refractivity contribution is 5.76. The number of amides is 1. The Morgan fingerprint density at radius 3 is 2.48 bits per heavy atom. The monoisotopic (exact) mass is 295 g/mol. The van der Waals surface area contributed by atoms with E-state index in [1.165, 1.54) is 64.5 Å². The van der Waals surface area contributed by atoms with Gasteiger partial charge in [0.25, 0.3) is 0 Å². The lowest BCUT2D eigenvalue weighted by Gasteiger charge is -2.32. The molecule has 1 saturated carbocycles. The van der Waals surface area contributed by atoms with Crippen molar-refractivity contribution < 1.29 is 4.79 Å². The van der Waals surface area contributed by atoms with E-state index in [2.05, 4.69) is 15.5 Å². The van der Waals surface area contributed by atoms with E-state index >= 15 is 0 Å². The molecule has 0 atom stereocenters. The number of carbonyl (C=O) groups is 1. The van der Waals surface area contributed by atoms with Crippen LogP contribution in [0.25, 0.3) is 0 Å². The zero-order valence-electron chi connectivity index (χ0n) is 13.7. The molecule has 1 amide bonds. The fourth-order valence-electron chi connectivity index (χ4n) is 3.65. The normalized spacial score (nSPS) is 22.3. The maximum Gasteiger partial charge on any atom is 0.221 e. The van der Waals surface area contributed by atoms with Crippen LogP contribution in [0.3, 0.4) is 0 Å². The Hall–Kier alpha value is -0.610. The molecule has 1 aliphatic heterocycles. The van der Waals surface area contributed by atoms with Crippen LogP contribution >= 0.6 is 0 Å². The second-order valence-electron chi connectivity index (χ2n) is 6.83. The Balaban J connectivity index is 1.55. The minimum absolute atomic E-state index is 0.263. The average molecular weight is 295 g/mol. The predicted octanol–water partition coefficient (Wildman–Crippen LogP) is 2.15. The van der Waals surface area contributed by atoms with Crippen LogP contribution in [-0.4, -0.2) is 50.1 Å². The van der Waals surface area contributed by atoms with E-state index < -0.39 is 0 Å². The van der Waals surface area contributed by atoms with Crippen molar-refractivity contribution >= 4 is 5.91 Å². The van der Waals surface area contributed by atoms with Crippen LogP contribution < -0.4 is 10.6 Å². The second kappa shape index (κ2) is 9.42. The number of piperidine rings is 1. The van der Waals surface area contributed by atoms with Crippen LogP contribution in [0, 0.1) is 5.92 Å². The SMILES string of the molecule is CNCCC1CCN(CCC(=O)NC2CCCCC2)CC1. The van der Waals surface area contributed by atoms with E-state index in [4.69, 9.17) is 0 Å². The average Bonchev–Trinajstić information content (AvgIpc) is 2.53. The smallest absolute Gasteiger partial charge is 0.221 e. The van der Waals surface area contributed by atoms with Gasteiger partial charge in [0.05, 0.1) is 0 Å². The van der Waals surface area contributed by atoms with Crippen molar-refractivity contribution in [3.05, 3.63) is 0 Å². The number of likely N-dealkylation sites (tertiary alicyclic amines) is 1. The highest BCUT2D eigenvalue weighted by Gasteiger charge is 2.20. The summed E-state index contributed by atoms with van der Waals surface area (Å²) in [6.45, 7) is 4.42. The molecule has 21 heavy (non-hydrogen) atoms. The van der Waals surface area contributed by atoms with Crippen molar-refractivity contribution in [1.29, 1.82) is 0 Å². The topological polar surface area (TPSA) is 44.4 Å². The van der Waals surface area contributed by atoms with Gasteiger partial charge in [-0.25, -0.2) is 0 Å². The van der Waals surface area contributed by atoms with Gasteiger partial charge < -0.3 is 15.5 Å². The zero-order chi connectivity index (χ0) is 14.9. The van der Waals surface area contributed by atoms with E-state index in [-0.39, 0.29) is 5.91 Å². The van der Waals surface area contributed by atoms with Gasteiger partial charge in [-0.15, -0.1) is 0 Å². The lowest BCUT2D eigenvalue weighted by atomic mass is 9.93. The van der Waals surface area contributed by atoms with Crippen LogP contribution in [0.2, 0.25) is 0 Å². The highest BCUT2D eigenvalue weighted by Crippen LogP contribution is 2.20. The number of rotatable bonds is 7. The largest absolute Gasteiger partial charge is 0.353 e. The van der Waals surface area contributed by atoms with Gasteiger partial charge in [0, 0.05) is 19.0 Å². The molecule has 122 valence electrons. The molecule has 1 aliphatic carbocycles. The van der Waals surface area contributed by atoms with Crippen LogP contribution in [0.1, 0.15) is 57.8 Å². The third kappa shape index (κ3) is 6.35. The van der Waals surface area contributed by atoms with Gasteiger partial charge in [-0.2, -0.15) is 0 Å². The molecule has 2 aliphatic rings. The van der Waals surface area contributed by atoms with Crippen molar-refractivity contribution in [2.24, 2.45) is 5.92 Å². The first-order chi connectivity index (χ1) is 10.3. The maximum absolute atomic E-state index is 12.0. The van der Waals surface area contributed by atoms with Crippen LogP contribution in [0.4, 0.5) is 0 Å². The van der Waals surface area contributed by atoms with E-state index in [0.717, 1.165) is 19.0 Å². The predicted molar refractivity (Wildman–Crippen MR) is 87.3 cm³/mol. The number of hydrogen-bond acceptors (Lipinski definition) is 3. The molecule has 1 saturated heterocycles. The van der Waals surface area contributed by atoms with Gasteiger partial charge in [0.1, 0.15) is 0 Å². The number of nitrogens with zero attached hydrogens (tertiary/aromatic N) is 1. The van der Waals surface area contributed by atoms with E-state index in [1.54, 1.807) is 0 Å². The Kier molecular flexibility index (Phi) is 7.51. The summed E-state index contributed by atoms with van der Waals surface area (Å²) in [5.74, 6) is 1.14. The van der Waals surface area contributed by atoms with Gasteiger partial charge >= 0.3 is 0 Å². The quantitative estimate of drug-likeness (QED) is 0.756. The van der Waals surface area contributed by atoms with Gasteiger partial charge in [0.15, 0.2) is 0 Å². The van der Waals surface area contributed by atoms with Crippen LogP contribution in [-0.2, 0) is 4.79 Å². The Bertz CT molecular complexity index is 294. The Morgan fingerprint density at radius 2 is 1.81 bits per heavy atom. The first-order valence-electron chi connectivity index (χ1n) is 8.94. The molecule has 0 aromatic rings. The van der Waals surface area contributed by atoms with Gasteiger partial charge in [-0.3, -0.25) is 4.79 Å². The van der Waals surface area contributed by atoms with E-state index in [9.17, 15) is 4.79 Å². The van der Waals surface area contributed by atoms with Gasteiger partial charge in [-0.05, 0) is 64.7 Å². The van der Waals surface area contributed by atoms with Crippen molar-refractivity contribution in [2.45, 2.75) is 63.8 Å². The number of nitrogens with one attached hydrogen (secondary N) is 2. The fourth-order valence-corrected chi connectivity index (χ4v) is 3.65. The van der Waals surface area contributed by atoms with Crippen molar-refractivity contribution in [2.75, 3.05) is 33.2 Å². The summed E-state index contributed by atoms with van der Waals surface area (Å²) in [4.78, 5) is 14.5. The lowest BCUT2D eigenvalue weighted by molar-refractivity contribution is -0.122. The minimum Gasteiger partial charge on any atom is -0.353 e. The third-order valence-electron chi connectivity index (χ3n) is 5.14. The molecular weight excluding hydrogens is 262 g/mol. The molecule has 4 nitrogen and oxygen atoms in total. The molecule has 0 spiro atoms. The van der Waals surface area contributed by atoms with Crippen molar-refractivity contribution in [3.8, 4) is 0 Å². The summed E-state index contributed by atoms with van der Waals surface area (Å²) in [5, 5.41) is 6.46. The third-order valence-corrected chi connectivity index (χ3v) is 5.14. The first kappa shape index (κ1) is 16.8. The Morgan fingerprint density at radius 1 is 1.10 bits per heavy atom. The molecule has 4 heteroatoms. The zero-order valence-corrected chi connectivity index (χ0v) is 13.7. The molecule has 0 unspecified atom stereocenters. The number of carbonyl (C=O) groups excluding carboxylic acids is 1. The van der Waals surface area contributed by atoms with E-state index in [1.807, 2.05) is 7.05 Å². The molecule has 2 N–H and O–H groups in total. The highest BCUT2D eigenvalue weighted by atomic mass is 16.1. The summed E-state index contributed by atoms with van der Waals surface area (Å²) >= 11 is 0. The molecule has 2 rings (SSSR count). The summed E-state index contributed by atoms with van der Waals surface area (Å²) in [5.41, 5.74) is 0. The minimum atomic E-state index is 0.263. The summed E-state index contributed by atoms with van der Waals surface area (Å²) in [6.07, 6.45) is 10.8. The van der Waals surface area contributed by atoms with Crippen LogP contribution in [0.15, 0.2) is 0 Å². The summed E-state index contributed by atoms with van der Waals surface area (Å²) < 4.78 is 0. The lowest BCUT2D eigenvalue weighted by Crippen LogP contribution is -2.40. The standard InChI is InChI=1S/C17H33N3O/c1-18-11-7-15-8-12-20(13-9-15)14-10-17(21)19-16-5-3-2-4-6-16/h15-16,18H,2-14H2,1H3,(H,19,21). The van der Waals surface area contributed by atoms with Gasteiger partial charge in [0.2, 0.25) is 5.91 Å². The molecular formula is C17H33N3O. The maximum atomic E-state index is 12.0. The number of hydrogen-bond donors (Lipinski definition) is 2. The molecule has 0 aromatic carbocycles. The molecule has 2 fully saturated rings. The molecule has 1 heterocycles. The van der Waals surface area contributed by atoms with Gasteiger partial charge in [-0.1, -0.05) is 19.3 Å². The van der Waals surface area contributed by atoms with E-state index in [0.29, 0.717) is 12.5 Å². The Labute approximate surface area is 130 Å². The first-order valence-corrected chi connectivity index (χ1v) is 8.94. The summed E-state index contributed by atoms with van der Waals surface area (Å²) in [6, 6.07) is 0.457. The van der Waals surface area contributed by atoms with Crippen molar-refractivity contribution in [3.63, 3.8) is 0 Å². The molecule has 0 radical (unpaired) electrons. The van der Waals surface area contributed by atoms with Crippen molar-refractivity contribution in [1.82, 2.24) is 15.5 Å². The molecule has 0 aromatic heterocycles. The molecule has 0 bridgehead atoms.